The zero-order chi connectivity index (χ0) is 21.2. The number of hydrogen-bond acceptors (Lipinski definition) is 5. The molecule has 0 aliphatic heterocycles. The first kappa shape index (κ1) is 21.9. The maximum atomic E-state index is 13.1. The molecule has 0 aliphatic carbocycles. The van der Waals surface area contributed by atoms with Gasteiger partial charge in [0.25, 0.3) is 0 Å². The van der Waals surface area contributed by atoms with Crippen LogP contribution in [0.3, 0.4) is 0 Å². The van der Waals surface area contributed by atoms with Crippen molar-refractivity contribution in [3.8, 4) is 11.8 Å². The van der Waals surface area contributed by atoms with Crippen molar-refractivity contribution in [2.45, 2.75) is 31.3 Å². The number of rotatable bonds is 7. The molecule has 0 amide bonds. The Kier molecular flexibility index (Phi) is 6.72. The van der Waals surface area contributed by atoms with Gasteiger partial charge in [-0.15, -0.1) is 5.10 Å². The smallest absolute Gasteiger partial charge is 0.322 e. The zero-order valence-electron chi connectivity index (χ0n) is 15.4. The molecule has 0 saturated carbocycles. The third-order valence-electron chi connectivity index (χ3n) is 3.99. The van der Waals surface area contributed by atoms with Crippen molar-refractivity contribution in [3.05, 3.63) is 63.1 Å². The van der Waals surface area contributed by atoms with Gasteiger partial charge in [-0.2, -0.15) is 0 Å². The highest BCUT2D eigenvalue weighted by Crippen LogP contribution is 2.28. The van der Waals surface area contributed by atoms with Gasteiger partial charge in [0, 0.05) is 15.5 Å². The normalized spacial score (nSPS) is 12.7. The Morgan fingerprint density at radius 2 is 1.86 bits per heavy atom. The molecular formula is C18H17Br2FN4O3S. The number of ether oxygens (including phenoxy) is 1. The molecule has 0 aliphatic rings. The van der Waals surface area contributed by atoms with Crippen LogP contribution in [0.5, 0.6) is 11.8 Å². The molecule has 11 heteroatoms. The third kappa shape index (κ3) is 5.03. The summed E-state index contributed by atoms with van der Waals surface area (Å²) in [4.78, 5) is 0.101. The first-order valence-electron chi connectivity index (χ1n) is 8.55. The summed E-state index contributed by atoms with van der Waals surface area (Å²) < 4.78 is 49.7. The molecule has 0 saturated heterocycles. The average molecular weight is 548 g/mol. The van der Waals surface area contributed by atoms with Gasteiger partial charge in [-0.05, 0) is 72.2 Å². The van der Waals surface area contributed by atoms with Crippen molar-refractivity contribution >= 4 is 41.9 Å². The van der Waals surface area contributed by atoms with E-state index < -0.39 is 16.1 Å². The number of hydrogen-bond donors (Lipinski definition) is 1. The van der Waals surface area contributed by atoms with Gasteiger partial charge in [0.2, 0.25) is 10.0 Å². The van der Waals surface area contributed by atoms with E-state index in [9.17, 15) is 12.8 Å². The fraction of sp³-hybridized carbons (Fsp3) is 0.222. The summed E-state index contributed by atoms with van der Waals surface area (Å²) >= 11 is 6.55. The van der Waals surface area contributed by atoms with Gasteiger partial charge in [-0.3, -0.25) is 4.57 Å². The molecule has 1 heterocycles. The number of halogens is 3. The van der Waals surface area contributed by atoms with Crippen LogP contribution in [0.4, 0.5) is 4.39 Å². The van der Waals surface area contributed by atoms with Crippen molar-refractivity contribution in [2.75, 3.05) is 0 Å². The van der Waals surface area contributed by atoms with Gasteiger partial charge < -0.3 is 4.74 Å². The van der Waals surface area contributed by atoms with Crippen LogP contribution >= 0.6 is 31.9 Å². The second kappa shape index (κ2) is 8.90. The van der Waals surface area contributed by atoms with E-state index in [1.807, 2.05) is 6.92 Å². The molecule has 0 fully saturated rings. The van der Waals surface area contributed by atoms with Crippen LogP contribution in [0, 0.1) is 5.82 Å². The minimum Gasteiger partial charge on any atom is -0.424 e. The molecule has 29 heavy (non-hydrogen) atoms. The van der Waals surface area contributed by atoms with Crippen molar-refractivity contribution in [3.63, 3.8) is 0 Å². The molecular weight excluding hydrogens is 531 g/mol. The largest absolute Gasteiger partial charge is 0.424 e. The Hall–Kier alpha value is -1.82. The molecule has 154 valence electrons. The van der Waals surface area contributed by atoms with E-state index in [4.69, 9.17) is 4.74 Å². The quantitative estimate of drug-likeness (QED) is 0.459. The first-order chi connectivity index (χ1) is 13.7. The van der Waals surface area contributed by atoms with Gasteiger partial charge in [0.1, 0.15) is 11.6 Å². The number of sulfonamides is 1. The van der Waals surface area contributed by atoms with Crippen LogP contribution in [0.15, 0.2) is 56.3 Å². The lowest BCUT2D eigenvalue weighted by molar-refractivity contribution is 0.407. The van der Waals surface area contributed by atoms with E-state index in [0.29, 0.717) is 27.1 Å². The third-order valence-corrected chi connectivity index (χ3v) is 7.01. The molecule has 1 N–H and O–H groups in total. The Balaban J connectivity index is 1.85. The fourth-order valence-corrected chi connectivity index (χ4v) is 5.34. The Morgan fingerprint density at radius 3 is 2.52 bits per heavy atom. The predicted molar refractivity (Wildman–Crippen MR) is 113 cm³/mol. The van der Waals surface area contributed by atoms with E-state index in [-0.39, 0.29) is 16.7 Å². The summed E-state index contributed by atoms with van der Waals surface area (Å²) in [6.45, 7) is 3.98. The number of nitrogens with zero attached hydrogens (tertiary/aromatic N) is 3. The standard InChI is InChI=1S/C18H17Br2FN4O3S/c1-3-25-17(22-23-18(25)28-14-7-5-13(21)6-8-14)11(2)24-29(26,27)16-10-12(19)4-9-15(16)20/h4-11,24H,3H2,1-2H3/t11-/m1/s1. The van der Waals surface area contributed by atoms with Crippen LogP contribution in [0.1, 0.15) is 25.7 Å². The van der Waals surface area contributed by atoms with Gasteiger partial charge in [-0.1, -0.05) is 21.0 Å². The summed E-state index contributed by atoms with van der Waals surface area (Å²) in [5.74, 6) is 0.405. The maximum Gasteiger partial charge on any atom is 0.322 e. The number of benzene rings is 2. The molecule has 7 nitrogen and oxygen atoms in total. The van der Waals surface area contributed by atoms with Crippen molar-refractivity contribution in [2.24, 2.45) is 0 Å². The summed E-state index contributed by atoms with van der Waals surface area (Å²) in [6, 6.07) is 9.89. The molecule has 0 radical (unpaired) electrons. The van der Waals surface area contributed by atoms with Crippen LogP contribution in [0.25, 0.3) is 0 Å². The highest BCUT2D eigenvalue weighted by molar-refractivity contribution is 9.11. The average Bonchev–Trinajstić information content (AvgIpc) is 3.08. The minimum absolute atomic E-state index is 0.101. The first-order valence-corrected chi connectivity index (χ1v) is 11.6. The van der Waals surface area contributed by atoms with Crippen LogP contribution in [0.2, 0.25) is 0 Å². The summed E-state index contributed by atoms with van der Waals surface area (Å²) in [5, 5.41) is 8.09. The van der Waals surface area contributed by atoms with Gasteiger partial charge in [0.15, 0.2) is 5.82 Å². The number of aromatic nitrogens is 3. The van der Waals surface area contributed by atoms with Crippen molar-refractivity contribution in [1.29, 1.82) is 0 Å². The summed E-state index contributed by atoms with van der Waals surface area (Å²) in [6.07, 6.45) is 0. The summed E-state index contributed by atoms with van der Waals surface area (Å²) in [5.41, 5.74) is 0. The highest BCUT2D eigenvalue weighted by Gasteiger charge is 2.25. The lowest BCUT2D eigenvalue weighted by atomic mass is 10.3. The topological polar surface area (TPSA) is 86.1 Å². The second-order valence-electron chi connectivity index (χ2n) is 6.06. The van der Waals surface area contributed by atoms with E-state index in [0.717, 1.165) is 0 Å². The van der Waals surface area contributed by atoms with Crippen LogP contribution in [-0.2, 0) is 16.6 Å². The zero-order valence-corrected chi connectivity index (χ0v) is 19.4. The van der Waals surface area contributed by atoms with Crippen LogP contribution < -0.4 is 9.46 Å². The predicted octanol–water partition coefficient (Wildman–Crippen LogP) is 4.79. The SMILES string of the molecule is CCn1c(Oc2ccc(F)cc2)nnc1[C@@H](C)NS(=O)(=O)c1cc(Br)ccc1Br. The lowest BCUT2D eigenvalue weighted by Crippen LogP contribution is -2.29. The summed E-state index contributed by atoms with van der Waals surface area (Å²) in [7, 11) is -3.83. The van der Waals surface area contributed by atoms with Crippen molar-refractivity contribution in [1.82, 2.24) is 19.5 Å². The highest BCUT2D eigenvalue weighted by atomic mass is 79.9. The van der Waals surface area contributed by atoms with Gasteiger partial charge in [0.05, 0.1) is 10.9 Å². The molecule has 2 aromatic carbocycles. The maximum absolute atomic E-state index is 13.1. The monoisotopic (exact) mass is 546 g/mol. The van der Waals surface area contributed by atoms with Gasteiger partial charge >= 0.3 is 6.01 Å². The van der Waals surface area contributed by atoms with E-state index in [2.05, 4.69) is 46.8 Å². The molecule has 0 unspecified atom stereocenters. The molecule has 1 atom stereocenters. The molecule has 3 rings (SSSR count). The minimum atomic E-state index is -3.83. The Labute approximate surface area is 184 Å². The van der Waals surface area contributed by atoms with E-state index in [1.165, 1.54) is 30.3 Å². The molecule has 1 aromatic heterocycles. The lowest BCUT2D eigenvalue weighted by Gasteiger charge is -2.16. The number of nitrogens with one attached hydrogen (secondary N) is 1. The molecule has 0 bridgehead atoms. The van der Waals surface area contributed by atoms with Crippen molar-refractivity contribution < 1.29 is 17.5 Å². The fourth-order valence-electron chi connectivity index (χ4n) is 2.63. The van der Waals surface area contributed by atoms with E-state index >= 15 is 0 Å². The second-order valence-corrected chi connectivity index (χ2v) is 9.51. The van der Waals surface area contributed by atoms with Gasteiger partial charge in [-0.25, -0.2) is 17.5 Å². The molecule has 0 spiro atoms. The molecule has 3 aromatic rings. The Morgan fingerprint density at radius 1 is 1.17 bits per heavy atom. The Bertz CT molecular complexity index is 1120. The van der Waals surface area contributed by atoms with E-state index in [1.54, 1.807) is 23.6 Å². The van der Waals surface area contributed by atoms with Crippen LogP contribution in [-0.4, -0.2) is 23.2 Å².